The highest BCUT2D eigenvalue weighted by atomic mass is 35.5. The van der Waals surface area contributed by atoms with Crippen molar-refractivity contribution in [3.8, 4) is 5.88 Å². The van der Waals surface area contributed by atoms with Crippen LogP contribution in [-0.4, -0.2) is 22.3 Å². The highest BCUT2D eigenvalue weighted by molar-refractivity contribution is 7.17. The minimum Gasteiger partial charge on any atom is -0.492 e. The molecule has 1 fully saturated rings. The Morgan fingerprint density at radius 2 is 2.00 bits per heavy atom. The van der Waals surface area contributed by atoms with E-state index in [4.69, 9.17) is 11.6 Å². The maximum absolute atomic E-state index is 13.7. The van der Waals surface area contributed by atoms with Crippen LogP contribution in [0.25, 0.3) is 5.57 Å². The van der Waals surface area contributed by atoms with Crippen LogP contribution < -0.4 is 15.9 Å². The summed E-state index contributed by atoms with van der Waals surface area (Å²) in [7, 11) is 0. The molecule has 1 aliphatic heterocycles. The minimum absolute atomic E-state index is 0.00883. The van der Waals surface area contributed by atoms with E-state index in [-0.39, 0.29) is 22.9 Å². The third-order valence-corrected chi connectivity index (χ3v) is 6.54. The van der Waals surface area contributed by atoms with E-state index >= 15 is 0 Å². The van der Waals surface area contributed by atoms with Gasteiger partial charge < -0.3 is 10.4 Å². The molecule has 1 saturated carbocycles. The SMILES string of the molecule is Oc1nc(NC2CC2)sc1C(Cc1ccc(Cl)cc1C(F)(F)F)=c1ccc2c(c1)C=NN=2. The number of aromatic hydroxyl groups is 1. The quantitative estimate of drug-likeness (QED) is 0.569. The highest BCUT2D eigenvalue weighted by Gasteiger charge is 2.34. The van der Waals surface area contributed by atoms with Crippen LogP contribution in [0.2, 0.25) is 5.02 Å². The van der Waals surface area contributed by atoms with Gasteiger partial charge in [0.15, 0.2) is 5.13 Å². The lowest BCUT2D eigenvalue weighted by atomic mass is 9.96. The van der Waals surface area contributed by atoms with E-state index in [0.717, 1.165) is 24.5 Å². The molecule has 5 rings (SSSR count). The predicted molar refractivity (Wildman–Crippen MR) is 118 cm³/mol. The number of benzene rings is 2. The van der Waals surface area contributed by atoms with Gasteiger partial charge in [0.25, 0.3) is 0 Å². The third-order valence-electron chi connectivity index (χ3n) is 5.27. The number of aromatic nitrogens is 1. The van der Waals surface area contributed by atoms with Crippen molar-refractivity contribution in [2.24, 2.45) is 10.2 Å². The van der Waals surface area contributed by atoms with E-state index < -0.39 is 11.7 Å². The first-order chi connectivity index (χ1) is 15.3. The number of halogens is 4. The lowest BCUT2D eigenvalue weighted by Gasteiger charge is -2.15. The topological polar surface area (TPSA) is 69.9 Å². The average molecular weight is 477 g/mol. The standard InChI is InChI=1S/C22H16ClF3N4OS/c23-14-3-1-12(17(9-14)22(24,25)26)8-16(11-2-6-18-13(7-11)10-27-30-18)19-20(31)29-21(32-19)28-15-4-5-15/h1-3,6-7,9-10,15,31H,4-5,8H2,(H,28,29). The summed E-state index contributed by atoms with van der Waals surface area (Å²) in [6.45, 7) is 0. The number of nitrogens with one attached hydrogen (secondary N) is 1. The maximum atomic E-state index is 13.7. The molecule has 0 amide bonds. The van der Waals surface area contributed by atoms with E-state index in [1.807, 2.05) is 0 Å². The molecule has 10 heteroatoms. The van der Waals surface area contributed by atoms with Crippen LogP contribution in [0.4, 0.5) is 18.3 Å². The summed E-state index contributed by atoms with van der Waals surface area (Å²) in [6.07, 6.45) is -0.993. The van der Waals surface area contributed by atoms with Crippen LogP contribution in [-0.2, 0) is 12.6 Å². The first kappa shape index (κ1) is 21.0. The van der Waals surface area contributed by atoms with Crippen LogP contribution in [0.15, 0.2) is 46.6 Å². The molecule has 3 aromatic rings. The summed E-state index contributed by atoms with van der Waals surface area (Å²) >= 11 is 7.08. The lowest BCUT2D eigenvalue weighted by molar-refractivity contribution is -0.138. The molecule has 0 spiro atoms. The normalized spacial score (nSPS) is 16.0. The monoisotopic (exact) mass is 476 g/mol. The van der Waals surface area contributed by atoms with Crippen LogP contribution in [0.3, 0.4) is 0 Å². The van der Waals surface area contributed by atoms with Gasteiger partial charge in [-0.2, -0.15) is 28.4 Å². The number of nitrogens with zero attached hydrogens (tertiary/aromatic N) is 3. The van der Waals surface area contributed by atoms with Crippen molar-refractivity contribution in [2.45, 2.75) is 31.5 Å². The van der Waals surface area contributed by atoms with E-state index in [0.29, 0.717) is 32.2 Å². The van der Waals surface area contributed by atoms with Gasteiger partial charge in [-0.15, -0.1) is 0 Å². The van der Waals surface area contributed by atoms with Gasteiger partial charge in [-0.3, -0.25) is 0 Å². The summed E-state index contributed by atoms with van der Waals surface area (Å²) in [4.78, 5) is 4.61. The average Bonchev–Trinajstić information content (AvgIpc) is 3.29. The smallest absolute Gasteiger partial charge is 0.416 e. The van der Waals surface area contributed by atoms with Gasteiger partial charge in [-0.05, 0) is 53.5 Å². The second-order valence-electron chi connectivity index (χ2n) is 7.66. The van der Waals surface area contributed by atoms with E-state index in [1.54, 1.807) is 24.4 Å². The molecule has 0 unspecified atom stereocenters. The number of anilines is 1. The summed E-state index contributed by atoms with van der Waals surface area (Å²) in [5, 5.41) is 23.6. The Labute approximate surface area is 189 Å². The van der Waals surface area contributed by atoms with Crippen molar-refractivity contribution < 1.29 is 18.3 Å². The molecule has 1 aliphatic carbocycles. The van der Waals surface area contributed by atoms with E-state index in [9.17, 15) is 18.3 Å². The van der Waals surface area contributed by atoms with Gasteiger partial charge in [0, 0.05) is 23.0 Å². The maximum Gasteiger partial charge on any atom is 0.416 e. The summed E-state index contributed by atoms with van der Waals surface area (Å²) in [6, 6.07) is 9.38. The lowest BCUT2D eigenvalue weighted by Crippen LogP contribution is -2.17. The number of alkyl halides is 3. The Kier molecular flexibility index (Phi) is 5.17. The Hall–Kier alpha value is -2.91. The molecule has 0 saturated heterocycles. The van der Waals surface area contributed by atoms with Gasteiger partial charge in [0.1, 0.15) is 0 Å². The second kappa shape index (κ2) is 7.90. The zero-order valence-electron chi connectivity index (χ0n) is 16.4. The summed E-state index contributed by atoms with van der Waals surface area (Å²) < 4.78 is 41.2. The molecule has 2 heterocycles. The molecule has 5 nitrogen and oxygen atoms in total. The predicted octanol–water partition coefficient (Wildman–Crippen LogP) is 4.50. The van der Waals surface area contributed by atoms with Gasteiger partial charge in [-0.25, -0.2) is 0 Å². The van der Waals surface area contributed by atoms with Crippen molar-refractivity contribution >= 4 is 39.9 Å². The Morgan fingerprint density at radius 1 is 1.19 bits per heavy atom. The molecule has 0 bridgehead atoms. The first-order valence-corrected chi connectivity index (χ1v) is 11.0. The number of hydrogen-bond acceptors (Lipinski definition) is 6. The zero-order valence-corrected chi connectivity index (χ0v) is 18.0. The molecular weight excluding hydrogens is 461 g/mol. The Morgan fingerprint density at radius 3 is 2.75 bits per heavy atom. The molecule has 2 N–H and O–H groups in total. The van der Waals surface area contributed by atoms with Crippen molar-refractivity contribution in [3.63, 3.8) is 0 Å². The highest BCUT2D eigenvalue weighted by Crippen LogP contribution is 2.39. The molecule has 2 aliphatic rings. The Balaban J connectivity index is 1.67. The van der Waals surface area contributed by atoms with Gasteiger partial charge in [-0.1, -0.05) is 35.1 Å². The zero-order chi connectivity index (χ0) is 22.5. The molecule has 0 radical (unpaired) electrons. The fourth-order valence-corrected chi connectivity index (χ4v) is 4.71. The van der Waals surface area contributed by atoms with Crippen LogP contribution in [0.5, 0.6) is 5.88 Å². The van der Waals surface area contributed by atoms with E-state index in [2.05, 4.69) is 20.5 Å². The Bertz CT molecular complexity index is 1360. The first-order valence-electron chi connectivity index (χ1n) is 9.84. The number of fused-ring (bicyclic) bond motifs is 1. The molecule has 164 valence electrons. The molecule has 32 heavy (non-hydrogen) atoms. The molecule has 0 atom stereocenters. The van der Waals surface area contributed by atoms with E-state index in [1.165, 1.54) is 23.5 Å². The van der Waals surface area contributed by atoms with Gasteiger partial charge in [0.2, 0.25) is 5.88 Å². The van der Waals surface area contributed by atoms with Crippen LogP contribution in [0.1, 0.15) is 34.4 Å². The fraction of sp³-hybridized carbons (Fsp3) is 0.227. The number of rotatable bonds is 5. The van der Waals surface area contributed by atoms with Crippen molar-refractivity contribution in [2.75, 3.05) is 5.32 Å². The largest absolute Gasteiger partial charge is 0.492 e. The summed E-state index contributed by atoms with van der Waals surface area (Å²) in [5.74, 6) is -0.213. The van der Waals surface area contributed by atoms with Gasteiger partial charge in [0.05, 0.1) is 22.0 Å². The van der Waals surface area contributed by atoms with Crippen molar-refractivity contribution in [3.05, 3.63) is 73.6 Å². The summed E-state index contributed by atoms with van der Waals surface area (Å²) in [5.41, 5.74) is 0.535. The number of hydrogen-bond donors (Lipinski definition) is 2. The molecule has 2 aromatic carbocycles. The molecular formula is C22H16ClF3N4OS. The second-order valence-corrected chi connectivity index (χ2v) is 9.10. The fourth-order valence-electron chi connectivity index (χ4n) is 3.53. The van der Waals surface area contributed by atoms with Crippen LogP contribution >= 0.6 is 22.9 Å². The van der Waals surface area contributed by atoms with Crippen molar-refractivity contribution in [1.82, 2.24) is 4.98 Å². The van der Waals surface area contributed by atoms with Crippen molar-refractivity contribution in [1.29, 1.82) is 0 Å². The molecule has 1 aromatic heterocycles. The number of thiazole rings is 1. The van der Waals surface area contributed by atoms with Gasteiger partial charge >= 0.3 is 6.18 Å². The third kappa shape index (κ3) is 4.22. The minimum atomic E-state index is -4.57. The van der Waals surface area contributed by atoms with Crippen LogP contribution in [0, 0.1) is 0 Å².